The Balaban J connectivity index is 1.89. The summed E-state index contributed by atoms with van der Waals surface area (Å²) in [5, 5.41) is 2.78. The number of nitrogens with zero attached hydrogens (tertiary/aromatic N) is 1. The molecule has 1 aliphatic rings. The Morgan fingerprint density at radius 2 is 1.83 bits per heavy atom. The first-order valence-electron chi connectivity index (χ1n) is 5.69. The molecule has 0 radical (unpaired) electrons. The number of sulfonamides is 1. The molecular formula is C12H16N2O3S. The quantitative estimate of drug-likeness (QED) is 0.882. The van der Waals surface area contributed by atoms with Crippen molar-refractivity contribution < 1.29 is 13.2 Å². The third kappa shape index (κ3) is 2.88. The zero-order chi connectivity index (χ0) is 13.3. The lowest BCUT2D eigenvalue weighted by Crippen LogP contribution is -2.53. The van der Waals surface area contributed by atoms with Gasteiger partial charge in [-0.2, -0.15) is 0 Å². The van der Waals surface area contributed by atoms with Gasteiger partial charge in [-0.15, -0.1) is 0 Å². The lowest BCUT2D eigenvalue weighted by atomic mass is 10.0. The second-order valence-electron chi connectivity index (χ2n) is 4.63. The first kappa shape index (κ1) is 13.0. The van der Waals surface area contributed by atoms with E-state index >= 15 is 0 Å². The highest BCUT2D eigenvalue weighted by molar-refractivity contribution is 7.88. The van der Waals surface area contributed by atoms with Crippen LogP contribution in [0.4, 0.5) is 5.69 Å². The van der Waals surface area contributed by atoms with E-state index in [2.05, 4.69) is 5.32 Å². The molecule has 0 bridgehead atoms. The Labute approximate surface area is 107 Å². The third-order valence-corrected chi connectivity index (χ3v) is 4.24. The van der Waals surface area contributed by atoms with Crippen LogP contribution in [-0.2, 0) is 14.8 Å². The summed E-state index contributed by atoms with van der Waals surface area (Å²) in [7, 11) is -3.16. The molecule has 1 aromatic rings. The molecule has 1 aromatic carbocycles. The van der Waals surface area contributed by atoms with Gasteiger partial charge in [0.2, 0.25) is 15.9 Å². The maximum atomic E-state index is 11.8. The van der Waals surface area contributed by atoms with Crippen molar-refractivity contribution >= 4 is 21.6 Å². The van der Waals surface area contributed by atoms with Gasteiger partial charge in [0.25, 0.3) is 0 Å². The van der Waals surface area contributed by atoms with Crippen LogP contribution < -0.4 is 5.32 Å². The van der Waals surface area contributed by atoms with E-state index in [4.69, 9.17) is 0 Å². The molecule has 0 aliphatic carbocycles. The topological polar surface area (TPSA) is 66.5 Å². The fraction of sp³-hybridized carbons (Fsp3) is 0.417. The molecule has 0 spiro atoms. The zero-order valence-corrected chi connectivity index (χ0v) is 11.2. The van der Waals surface area contributed by atoms with Crippen molar-refractivity contribution in [3.8, 4) is 0 Å². The molecule has 1 aliphatic heterocycles. The second kappa shape index (κ2) is 4.70. The van der Waals surface area contributed by atoms with Crippen LogP contribution in [0.3, 0.4) is 0 Å². The van der Waals surface area contributed by atoms with Crippen molar-refractivity contribution in [2.75, 3.05) is 24.7 Å². The SMILES string of the molecule is Cc1ccc(NC(=O)C2CN(S(C)(=O)=O)C2)cc1. The number of carbonyl (C=O) groups is 1. The average molecular weight is 268 g/mol. The van der Waals surface area contributed by atoms with Crippen LogP contribution >= 0.6 is 0 Å². The fourth-order valence-electron chi connectivity index (χ4n) is 1.76. The first-order chi connectivity index (χ1) is 8.36. The van der Waals surface area contributed by atoms with Crippen molar-refractivity contribution in [2.24, 2.45) is 5.92 Å². The molecule has 0 atom stereocenters. The summed E-state index contributed by atoms with van der Waals surface area (Å²) in [6, 6.07) is 7.50. The van der Waals surface area contributed by atoms with E-state index in [1.54, 1.807) is 0 Å². The Morgan fingerprint density at radius 1 is 1.28 bits per heavy atom. The van der Waals surface area contributed by atoms with Crippen molar-refractivity contribution in [1.82, 2.24) is 4.31 Å². The zero-order valence-electron chi connectivity index (χ0n) is 10.4. The Kier molecular flexibility index (Phi) is 3.41. The molecule has 0 saturated carbocycles. The Bertz CT molecular complexity index is 545. The van der Waals surface area contributed by atoms with Gasteiger partial charge in [0.05, 0.1) is 12.2 Å². The van der Waals surface area contributed by atoms with Crippen LogP contribution in [-0.4, -0.2) is 38.0 Å². The predicted molar refractivity (Wildman–Crippen MR) is 69.7 cm³/mol. The van der Waals surface area contributed by atoms with Crippen LogP contribution in [0.2, 0.25) is 0 Å². The van der Waals surface area contributed by atoms with Gasteiger partial charge in [0, 0.05) is 18.8 Å². The summed E-state index contributed by atoms with van der Waals surface area (Å²) < 4.78 is 23.6. The van der Waals surface area contributed by atoms with E-state index in [1.807, 2.05) is 31.2 Å². The van der Waals surface area contributed by atoms with Gasteiger partial charge in [-0.1, -0.05) is 17.7 Å². The number of benzene rings is 1. The van der Waals surface area contributed by atoms with Gasteiger partial charge in [0.1, 0.15) is 0 Å². The molecule has 1 fully saturated rings. The lowest BCUT2D eigenvalue weighted by molar-refractivity contribution is -0.122. The highest BCUT2D eigenvalue weighted by Gasteiger charge is 2.37. The second-order valence-corrected chi connectivity index (χ2v) is 6.61. The van der Waals surface area contributed by atoms with Crippen LogP contribution in [0, 0.1) is 12.8 Å². The van der Waals surface area contributed by atoms with Gasteiger partial charge in [-0.25, -0.2) is 12.7 Å². The van der Waals surface area contributed by atoms with Gasteiger partial charge in [-0.05, 0) is 19.1 Å². The van der Waals surface area contributed by atoms with E-state index in [0.29, 0.717) is 0 Å². The highest BCUT2D eigenvalue weighted by Crippen LogP contribution is 2.20. The van der Waals surface area contributed by atoms with Gasteiger partial charge in [0.15, 0.2) is 0 Å². The van der Waals surface area contributed by atoms with Crippen molar-refractivity contribution in [1.29, 1.82) is 0 Å². The number of hydrogen-bond donors (Lipinski definition) is 1. The molecule has 0 aromatic heterocycles. The summed E-state index contributed by atoms with van der Waals surface area (Å²) in [5.41, 5.74) is 1.86. The minimum absolute atomic E-state index is 0.126. The standard InChI is InChI=1S/C12H16N2O3S/c1-9-3-5-11(6-4-9)13-12(15)10-7-14(8-10)18(2,16)17/h3-6,10H,7-8H2,1-2H3,(H,13,15). The maximum Gasteiger partial charge on any atom is 0.230 e. The van der Waals surface area contributed by atoms with E-state index in [1.165, 1.54) is 4.31 Å². The number of rotatable bonds is 3. The van der Waals surface area contributed by atoms with Crippen molar-refractivity contribution in [3.63, 3.8) is 0 Å². The van der Waals surface area contributed by atoms with Crippen molar-refractivity contribution in [3.05, 3.63) is 29.8 Å². The van der Waals surface area contributed by atoms with Gasteiger partial charge in [-0.3, -0.25) is 4.79 Å². The monoisotopic (exact) mass is 268 g/mol. The molecule has 1 heterocycles. The van der Waals surface area contributed by atoms with Crippen molar-refractivity contribution in [2.45, 2.75) is 6.92 Å². The van der Waals surface area contributed by atoms with Crippen LogP contribution in [0.5, 0.6) is 0 Å². The number of carbonyl (C=O) groups excluding carboxylic acids is 1. The van der Waals surface area contributed by atoms with E-state index in [9.17, 15) is 13.2 Å². The Hall–Kier alpha value is -1.40. The van der Waals surface area contributed by atoms with Crippen LogP contribution in [0.15, 0.2) is 24.3 Å². The molecule has 5 nitrogen and oxygen atoms in total. The predicted octanol–water partition coefficient (Wildman–Crippen LogP) is 0.825. The third-order valence-electron chi connectivity index (χ3n) is 3.01. The van der Waals surface area contributed by atoms with E-state index < -0.39 is 10.0 Å². The lowest BCUT2D eigenvalue weighted by Gasteiger charge is -2.35. The van der Waals surface area contributed by atoms with Crippen LogP contribution in [0.1, 0.15) is 5.56 Å². The molecule has 6 heteroatoms. The van der Waals surface area contributed by atoms with E-state index in [-0.39, 0.29) is 24.9 Å². The minimum Gasteiger partial charge on any atom is -0.326 e. The molecule has 1 N–H and O–H groups in total. The smallest absolute Gasteiger partial charge is 0.230 e. The summed E-state index contributed by atoms with van der Waals surface area (Å²) in [6.45, 7) is 2.52. The molecule has 1 saturated heterocycles. The summed E-state index contributed by atoms with van der Waals surface area (Å²) >= 11 is 0. The maximum absolute atomic E-state index is 11.8. The largest absolute Gasteiger partial charge is 0.326 e. The number of amides is 1. The van der Waals surface area contributed by atoms with Crippen LogP contribution in [0.25, 0.3) is 0 Å². The Morgan fingerprint density at radius 3 is 2.33 bits per heavy atom. The molecule has 98 valence electrons. The molecule has 1 amide bonds. The van der Waals surface area contributed by atoms with E-state index in [0.717, 1.165) is 17.5 Å². The highest BCUT2D eigenvalue weighted by atomic mass is 32.2. The van der Waals surface area contributed by atoms with Gasteiger partial charge >= 0.3 is 0 Å². The minimum atomic E-state index is -3.16. The molecule has 0 unspecified atom stereocenters. The first-order valence-corrected chi connectivity index (χ1v) is 7.54. The van der Waals surface area contributed by atoms with Gasteiger partial charge < -0.3 is 5.32 Å². The summed E-state index contributed by atoms with van der Waals surface area (Å²) in [6.07, 6.45) is 1.15. The summed E-state index contributed by atoms with van der Waals surface area (Å²) in [5.74, 6) is -0.375. The number of aryl methyl sites for hydroxylation is 1. The number of nitrogens with one attached hydrogen (secondary N) is 1. The molecular weight excluding hydrogens is 252 g/mol. The number of hydrogen-bond acceptors (Lipinski definition) is 3. The summed E-state index contributed by atoms with van der Waals surface area (Å²) in [4.78, 5) is 11.8. The average Bonchev–Trinajstić information content (AvgIpc) is 2.17. The number of anilines is 1. The fourth-order valence-corrected chi connectivity index (χ4v) is 2.66. The normalized spacial score (nSPS) is 17.2. The molecule has 18 heavy (non-hydrogen) atoms. The molecule has 2 rings (SSSR count).